The zero-order valence-corrected chi connectivity index (χ0v) is 10.7. The molecule has 5 nitrogen and oxygen atoms in total. The predicted octanol–water partition coefficient (Wildman–Crippen LogP) is 1.64. The Morgan fingerprint density at radius 2 is 1.85 bits per heavy atom. The molecule has 0 radical (unpaired) electrons. The lowest BCUT2D eigenvalue weighted by molar-refractivity contribution is -0.136. The van der Waals surface area contributed by atoms with Crippen LogP contribution in [0.4, 0.5) is 0 Å². The van der Waals surface area contributed by atoms with Crippen LogP contribution < -0.4 is 5.32 Å². The molecule has 1 aromatic heterocycles. The monoisotopic (exact) mass is 270 g/mol. The third-order valence-electron chi connectivity index (χ3n) is 2.73. The predicted molar refractivity (Wildman–Crippen MR) is 73.2 cm³/mol. The second-order valence-corrected chi connectivity index (χ2v) is 4.27. The first-order chi connectivity index (χ1) is 9.65. The Morgan fingerprint density at radius 1 is 1.10 bits per heavy atom. The smallest absolute Gasteiger partial charge is 0.307 e. The van der Waals surface area contributed by atoms with Crippen LogP contribution in [0.5, 0.6) is 0 Å². The fourth-order valence-electron chi connectivity index (χ4n) is 1.72. The van der Waals surface area contributed by atoms with E-state index in [0.717, 1.165) is 5.69 Å². The van der Waals surface area contributed by atoms with Crippen molar-refractivity contribution in [2.24, 2.45) is 0 Å². The average molecular weight is 270 g/mol. The number of benzene rings is 1. The number of carbonyl (C=O) groups is 2. The van der Waals surface area contributed by atoms with E-state index in [2.05, 4.69) is 10.3 Å². The van der Waals surface area contributed by atoms with E-state index in [0.29, 0.717) is 17.7 Å². The molecule has 0 unspecified atom stereocenters. The minimum absolute atomic E-state index is 0.0458. The number of aromatic nitrogens is 1. The van der Waals surface area contributed by atoms with Crippen LogP contribution in [0.2, 0.25) is 0 Å². The summed E-state index contributed by atoms with van der Waals surface area (Å²) in [6.07, 6.45) is 1.62. The van der Waals surface area contributed by atoms with Crippen LogP contribution in [0.25, 0.3) is 0 Å². The molecule has 20 heavy (non-hydrogen) atoms. The van der Waals surface area contributed by atoms with Gasteiger partial charge in [0.15, 0.2) is 0 Å². The summed E-state index contributed by atoms with van der Waals surface area (Å²) in [4.78, 5) is 26.6. The van der Waals surface area contributed by atoms with Crippen LogP contribution in [0.3, 0.4) is 0 Å². The first-order valence-corrected chi connectivity index (χ1v) is 6.14. The standard InChI is InChI=1S/C15H14N2O3/c18-14(19)9-11-4-6-12(7-5-11)15(20)17-10-13-3-1-2-8-16-13/h1-8H,9-10H2,(H,17,20)(H,18,19). The maximum atomic E-state index is 11.9. The van der Waals surface area contributed by atoms with Crippen molar-refractivity contribution >= 4 is 11.9 Å². The van der Waals surface area contributed by atoms with Crippen molar-refractivity contribution in [2.75, 3.05) is 0 Å². The Kier molecular flexibility index (Phi) is 4.44. The van der Waals surface area contributed by atoms with E-state index in [1.54, 1.807) is 30.5 Å². The molecule has 0 fully saturated rings. The minimum Gasteiger partial charge on any atom is -0.481 e. The number of carbonyl (C=O) groups excluding carboxylic acids is 1. The number of carboxylic acid groups (broad SMARTS) is 1. The highest BCUT2D eigenvalue weighted by molar-refractivity contribution is 5.94. The summed E-state index contributed by atoms with van der Waals surface area (Å²) in [6.45, 7) is 0.358. The van der Waals surface area contributed by atoms with Crippen molar-refractivity contribution in [1.29, 1.82) is 0 Å². The Labute approximate surface area is 116 Å². The van der Waals surface area contributed by atoms with Gasteiger partial charge in [0.05, 0.1) is 18.7 Å². The summed E-state index contributed by atoms with van der Waals surface area (Å²) in [7, 11) is 0. The molecule has 0 spiro atoms. The molecule has 0 saturated heterocycles. The second-order valence-electron chi connectivity index (χ2n) is 4.27. The van der Waals surface area contributed by atoms with E-state index in [9.17, 15) is 9.59 Å². The van der Waals surface area contributed by atoms with Gasteiger partial charge in [0, 0.05) is 11.8 Å². The molecule has 0 saturated carbocycles. The number of pyridine rings is 1. The van der Waals surface area contributed by atoms with E-state index < -0.39 is 5.97 Å². The van der Waals surface area contributed by atoms with Crippen LogP contribution >= 0.6 is 0 Å². The van der Waals surface area contributed by atoms with E-state index in [-0.39, 0.29) is 12.3 Å². The van der Waals surface area contributed by atoms with Gasteiger partial charge in [0.1, 0.15) is 0 Å². The topological polar surface area (TPSA) is 79.3 Å². The maximum absolute atomic E-state index is 11.9. The van der Waals surface area contributed by atoms with Gasteiger partial charge in [-0.25, -0.2) is 0 Å². The van der Waals surface area contributed by atoms with Crippen molar-refractivity contribution in [3.63, 3.8) is 0 Å². The molecule has 0 aliphatic rings. The Hall–Kier alpha value is -2.69. The van der Waals surface area contributed by atoms with Crippen LogP contribution in [0.15, 0.2) is 48.7 Å². The average Bonchev–Trinajstić information content (AvgIpc) is 2.46. The van der Waals surface area contributed by atoms with Crippen molar-refractivity contribution in [3.8, 4) is 0 Å². The van der Waals surface area contributed by atoms with Gasteiger partial charge in [0.2, 0.25) is 0 Å². The molecule has 0 bridgehead atoms. The van der Waals surface area contributed by atoms with E-state index >= 15 is 0 Å². The number of amides is 1. The molecule has 102 valence electrons. The Bertz CT molecular complexity index is 594. The third-order valence-corrected chi connectivity index (χ3v) is 2.73. The molecular formula is C15H14N2O3. The van der Waals surface area contributed by atoms with Gasteiger partial charge >= 0.3 is 5.97 Å². The van der Waals surface area contributed by atoms with Gasteiger partial charge < -0.3 is 10.4 Å². The molecule has 0 aliphatic heterocycles. The highest BCUT2D eigenvalue weighted by Crippen LogP contribution is 2.05. The van der Waals surface area contributed by atoms with Crippen molar-refractivity contribution < 1.29 is 14.7 Å². The number of aliphatic carboxylic acids is 1. The molecule has 1 aromatic carbocycles. The van der Waals surface area contributed by atoms with E-state index in [1.807, 2.05) is 18.2 Å². The van der Waals surface area contributed by atoms with Crippen LogP contribution in [0.1, 0.15) is 21.6 Å². The molecule has 5 heteroatoms. The molecule has 2 aromatic rings. The SMILES string of the molecule is O=C(O)Cc1ccc(C(=O)NCc2ccccn2)cc1. The number of rotatable bonds is 5. The maximum Gasteiger partial charge on any atom is 0.307 e. The third kappa shape index (κ3) is 3.91. The zero-order chi connectivity index (χ0) is 14.4. The fourth-order valence-corrected chi connectivity index (χ4v) is 1.72. The fraction of sp³-hybridized carbons (Fsp3) is 0.133. The van der Waals surface area contributed by atoms with Crippen molar-refractivity contribution in [2.45, 2.75) is 13.0 Å². The Morgan fingerprint density at radius 3 is 2.45 bits per heavy atom. The molecule has 0 aliphatic carbocycles. The van der Waals surface area contributed by atoms with Gasteiger partial charge in [0.25, 0.3) is 5.91 Å². The normalized spacial score (nSPS) is 10.0. The number of nitrogens with one attached hydrogen (secondary N) is 1. The summed E-state index contributed by atoms with van der Waals surface area (Å²) in [5.41, 5.74) is 1.94. The number of nitrogens with zero attached hydrogens (tertiary/aromatic N) is 1. The lowest BCUT2D eigenvalue weighted by Crippen LogP contribution is -2.23. The number of hydrogen-bond acceptors (Lipinski definition) is 3. The lowest BCUT2D eigenvalue weighted by atomic mass is 10.1. The number of carboxylic acids is 1. The van der Waals surface area contributed by atoms with Gasteiger partial charge in [-0.15, -0.1) is 0 Å². The molecule has 2 rings (SSSR count). The summed E-state index contributed by atoms with van der Waals surface area (Å²) >= 11 is 0. The number of hydrogen-bond donors (Lipinski definition) is 2. The van der Waals surface area contributed by atoms with Gasteiger partial charge in [-0.05, 0) is 29.8 Å². The molecule has 0 atom stereocenters. The molecular weight excluding hydrogens is 256 g/mol. The highest BCUT2D eigenvalue weighted by atomic mass is 16.4. The first-order valence-electron chi connectivity index (χ1n) is 6.14. The molecule has 2 N–H and O–H groups in total. The van der Waals surface area contributed by atoms with Crippen LogP contribution in [-0.4, -0.2) is 22.0 Å². The van der Waals surface area contributed by atoms with Crippen LogP contribution in [-0.2, 0) is 17.8 Å². The van der Waals surface area contributed by atoms with Crippen LogP contribution in [0, 0.1) is 0 Å². The summed E-state index contributed by atoms with van der Waals surface area (Å²) in [5.74, 6) is -1.10. The molecule has 1 heterocycles. The molecule has 1 amide bonds. The lowest BCUT2D eigenvalue weighted by Gasteiger charge is -2.05. The summed E-state index contributed by atoms with van der Waals surface area (Å²) < 4.78 is 0. The van der Waals surface area contributed by atoms with E-state index in [1.165, 1.54) is 0 Å². The van der Waals surface area contributed by atoms with E-state index in [4.69, 9.17) is 5.11 Å². The largest absolute Gasteiger partial charge is 0.481 e. The zero-order valence-electron chi connectivity index (χ0n) is 10.7. The second kappa shape index (κ2) is 6.47. The minimum atomic E-state index is -0.891. The van der Waals surface area contributed by atoms with Gasteiger partial charge in [-0.1, -0.05) is 18.2 Å². The quantitative estimate of drug-likeness (QED) is 0.865. The summed E-state index contributed by atoms with van der Waals surface area (Å²) in [5, 5.41) is 11.4. The summed E-state index contributed by atoms with van der Waals surface area (Å²) in [6, 6.07) is 12.0. The van der Waals surface area contributed by atoms with Crippen molar-refractivity contribution in [1.82, 2.24) is 10.3 Å². The van der Waals surface area contributed by atoms with Gasteiger partial charge in [-0.3, -0.25) is 14.6 Å². The van der Waals surface area contributed by atoms with Gasteiger partial charge in [-0.2, -0.15) is 0 Å². The highest BCUT2D eigenvalue weighted by Gasteiger charge is 2.06. The Balaban J connectivity index is 1.94. The first kappa shape index (κ1) is 13.7. The van der Waals surface area contributed by atoms with Crippen molar-refractivity contribution in [3.05, 3.63) is 65.5 Å².